The lowest BCUT2D eigenvalue weighted by atomic mass is 9.94. The van der Waals surface area contributed by atoms with Gasteiger partial charge in [0.2, 0.25) is 0 Å². The summed E-state index contributed by atoms with van der Waals surface area (Å²) in [4.78, 5) is 0. The second kappa shape index (κ2) is 10.3. The van der Waals surface area contributed by atoms with E-state index in [0.29, 0.717) is 18.9 Å². The molecule has 0 amide bonds. The maximum absolute atomic E-state index is 10.6. The number of phenols is 1. The summed E-state index contributed by atoms with van der Waals surface area (Å²) in [5, 5.41) is 23.9. The molecule has 0 aromatic heterocycles. The van der Waals surface area contributed by atoms with Crippen molar-refractivity contribution in [2.45, 2.75) is 44.9 Å². The van der Waals surface area contributed by atoms with Gasteiger partial charge in [-0.05, 0) is 61.6 Å². The number of β-amino-alcohol motifs (C(OH)–C–C–N with tert-alkyl or cyclic N) is 1. The molecule has 0 heterocycles. The number of para-hydroxylation sites is 1. The average Bonchev–Trinajstić information content (AvgIpc) is 2.77. The van der Waals surface area contributed by atoms with Crippen LogP contribution in [0.2, 0.25) is 0 Å². The Hall–Kier alpha value is -2.82. The van der Waals surface area contributed by atoms with Crippen molar-refractivity contribution in [2.24, 2.45) is 0 Å². The highest BCUT2D eigenvalue weighted by Gasteiger charge is 2.19. The van der Waals surface area contributed by atoms with Crippen LogP contribution in [-0.4, -0.2) is 22.3 Å². The quantitative estimate of drug-likeness (QED) is 0.444. The van der Waals surface area contributed by atoms with Crippen LogP contribution in [0.15, 0.2) is 78.9 Å². The summed E-state index contributed by atoms with van der Waals surface area (Å²) in [5.74, 6) is 1.12. The van der Waals surface area contributed by atoms with E-state index in [1.807, 2.05) is 72.8 Å². The van der Waals surface area contributed by atoms with Crippen molar-refractivity contribution in [3.05, 3.63) is 95.6 Å². The van der Waals surface area contributed by atoms with Gasteiger partial charge in [-0.15, -0.1) is 0 Å². The number of rotatable bonds is 10. The second-order valence-electron chi connectivity index (χ2n) is 8.25. The second-order valence-corrected chi connectivity index (χ2v) is 8.25. The van der Waals surface area contributed by atoms with Gasteiger partial charge >= 0.3 is 0 Å². The Kier molecular flexibility index (Phi) is 7.50. The summed E-state index contributed by atoms with van der Waals surface area (Å²) < 4.78 is 5.81. The van der Waals surface area contributed by atoms with Crippen molar-refractivity contribution in [3.8, 4) is 11.5 Å². The predicted octanol–water partition coefficient (Wildman–Crippen LogP) is 5.01. The van der Waals surface area contributed by atoms with Crippen molar-refractivity contribution in [1.82, 2.24) is 5.32 Å². The zero-order valence-corrected chi connectivity index (χ0v) is 17.7. The lowest BCUT2D eigenvalue weighted by Crippen LogP contribution is -2.42. The summed E-state index contributed by atoms with van der Waals surface area (Å²) in [7, 11) is 0. The topological polar surface area (TPSA) is 61.7 Å². The molecule has 1 atom stereocenters. The van der Waals surface area contributed by atoms with Gasteiger partial charge in [0.25, 0.3) is 0 Å². The van der Waals surface area contributed by atoms with Gasteiger partial charge in [0.05, 0.1) is 6.10 Å². The van der Waals surface area contributed by atoms with Crippen LogP contribution in [0.5, 0.6) is 11.5 Å². The lowest BCUT2D eigenvalue weighted by Gasteiger charge is -2.28. The van der Waals surface area contributed by atoms with Gasteiger partial charge in [0, 0.05) is 12.1 Å². The monoisotopic (exact) mass is 405 g/mol. The van der Waals surface area contributed by atoms with Gasteiger partial charge in [-0.3, -0.25) is 0 Å². The van der Waals surface area contributed by atoms with Crippen LogP contribution in [0.3, 0.4) is 0 Å². The van der Waals surface area contributed by atoms with E-state index in [9.17, 15) is 10.2 Å². The molecule has 30 heavy (non-hydrogen) atoms. The molecule has 0 radical (unpaired) electrons. The molecule has 3 aromatic carbocycles. The fourth-order valence-electron chi connectivity index (χ4n) is 3.28. The summed E-state index contributed by atoms with van der Waals surface area (Å²) >= 11 is 0. The minimum absolute atomic E-state index is 0.165. The van der Waals surface area contributed by atoms with E-state index in [-0.39, 0.29) is 5.54 Å². The van der Waals surface area contributed by atoms with Crippen LogP contribution in [0.25, 0.3) is 0 Å². The van der Waals surface area contributed by atoms with Gasteiger partial charge in [-0.1, -0.05) is 60.7 Å². The number of aryl methyl sites for hydroxylation is 1. The molecule has 3 rings (SSSR count). The van der Waals surface area contributed by atoms with Crippen molar-refractivity contribution in [1.29, 1.82) is 0 Å². The first-order valence-corrected chi connectivity index (χ1v) is 10.4. The number of aromatic hydroxyl groups is 1. The first-order valence-electron chi connectivity index (χ1n) is 10.4. The first-order chi connectivity index (χ1) is 14.4. The molecule has 0 fully saturated rings. The highest BCUT2D eigenvalue weighted by atomic mass is 16.5. The maximum Gasteiger partial charge on any atom is 0.119 e. The zero-order valence-electron chi connectivity index (χ0n) is 17.7. The van der Waals surface area contributed by atoms with Gasteiger partial charge in [-0.2, -0.15) is 0 Å². The van der Waals surface area contributed by atoms with E-state index in [1.54, 1.807) is 6.07 Å². The van der Waals surface area contributed by atoms with Gasteiger partial charge in [0.15, 0.2) is 0 Å². The third-order valence-electron chi connectivity index (χ3n) is 5.30. The van der Waals surface area contributed by atoms with E-state index in [1.165, 1.54) is 0 Å². The molecule has 0 aliphatic rings. The molecule has 3 N–H and O–H groups in total. The van der Waals surface area contributed by atoms with Crippen LogP contribution in [0.1, 0.15) is 43.1 Å². The molecule has 1 unspecified atom stereocenters. The predicted molar refractivity (Wildman–Crippen MR) is 121 cm³/mol. The Labute approximate surface area is 179 Å². The molecule has 0 aliphatic carbocycles. The molecule has 0 saturated heterocycles. The van der Waals surface area contributed by atoms with Crippen molar-refractivity contribution in [2.75, 3.05) is 6.54 Å². The summed E-state index contributed by atoms with van der Waals surface area (Å²) in [6.07, 6.45) is 1.03. The summed E-state index contributed by atoms with van der Waals surface area (Å²) in [6.45, 7) is 5.20. The Morgan fingerprint density at radius 1 is 0.900 bits per heavy atom. The number of phenolic OH excluding ortho intramolecular Hbond substituents is 1. The smallest absolute Gasteiger partial charge is 0.119 e. The Morgan fingerprint density at radius 2 is 1.57 bits per heavy atom. The fourth-order valence-corrected chi connectivity index (χ4v) is 3.28. The number of nitrogens with one attached hydrogen (secondary N) is 1. The van der Waals surface area contributed by atoms with Crippen molar-refractivity contribution in [3.63, 3.8) is 0 Å². The molecule has 0 saturated carbocycles. The highest BCUT2D eigenvalue weighted by Crippen LogP contribution is 2.22. The van der Waals surface area contributed by atoms with Crippen LogP contribution in [0, 0.1) is 0 Å². The number of benzene rings is 3. The van der Waals surface area contributed by atoms with E-state index >= 15 is 0 Å². The number of hydrogen-bond acceptors (Lipinski definition) is 4. The molecule has 4 nitrogen and oxygen atoms in total. The van der Waals surface area contributed by atoms with Gasteiger partial charge < -0.3 is 20.3 Å². The minimum atomic E-state index is -0.599. The van der Waals surface area contributed by atoms with Crippen LogP contribution in [-0.2, 0) is 13.0 Å². The first kappa shape index (κ1) is 21.9. The Balaban J connectivity index is 1.46. The molecule has 0 aliphatic heterocycles. The molecule has 0 bridgehead atoms. The molecule has 0 spiro atoms. The largest absolute Gasteiger partial charge is 0.508 e. The van der Waals surface area contributed by atoms with Crippen molar-refractivity contribution < 1.29 is 14.9 Å². The molecular formula is C26H31NO3. The average molecular weight is 406 g/mol. The Bertz CT molecular complexity index is 907. The third kappa shape index (κ3) is 6.61. The van der Waals surface area contributed by atoms with Gasteiger partial charge in [0.1, 0.15) is 18.1 Å². The standard InChI is InChI=1S/C26H31NO3/c1-26(2,17-16-21-10-6-7-11-24(21)28)27-18-25(29)22-12-14-23(15-13-22)30-19-20-8-4-3-5-9-20/h3-15,25,27-29H,16-19H2,1-2H3. The molecule has 4 heteroatoms. The Morgan fingerprint density at radius 3 is 2.27 bits per heavy atom. The van der Waals surface area contributed by atoms with E-state index in [0.717, 1.165) is 35.3 Å². The van der Waals surface area contributed by atoms with Gasteiger partial charge in [-0.25, -0.2) is 0 Å². The van der Waals surface area contributed by atoms with E-state index in [4.69, 9.17) is 4.74 Å². The maximum atomic E-state index is 10.6. The lowest BCUT2D eigenvalue weighted by molar-refractivity contribution is 0.159. The minimum Gasteiger partial charge on any atom is -0.508 e. The number of ether oxygens (including phenoxy) is 1. The molecule has 3 aromatic rings. The number of aliphatic hydroxyl groups excluding tert-OH is 1. The summed E-state index contributed by atoms with van der Waals surface area (Å²) in [6, 6.07) is 25.1. The van der Waals surface area contributed by atoms with Crippen molar-refractivity contribution >= 4 is 0 Å². The van der Waals surface area contributed by atoms with E-state index in [2.05, 4.69) is 19.2 Å². The number of hydrogen-bond donors (Lipinski definition) is 3. The normalized spacial score (nSPS) is 12.5. The molecular weight excluding hydrogens is 374 g/mol. The number of aliphatic hydroxyl groups is 1. The van der Waals surface area contributed by atoms with E-state index < -0.39 is 6.10 Å². The highest BCUT2D eigenvalue weighted by molar-refractivity contribution is 5.32. The zero-order chi connectivity index (χ0) is 21.4. The van der Waals surface area contributed by atoms with Crippen LogP contribution in [0.4, 0.5) is 0 Å². The van der Waals surface area contributed by atoms with Crippen LogP contribution < -0.4 is 10.1 Å². The fraction of sp³-hybridized carbons (Fsp3) is 0.308. The summed E-state index contributed by atoms with van der Waals surface area (Å²) in [5.41, 5.74) is 2.75. The molecule has 158 valence electrons. The van der Waals surface area contributed by atoms with Crippen LogP contribution >= 0.6 is 0 Å². The SMILES string of the molecule is CC(C)(CCc1ccccc1O)NCC(O)c1ccc(OCc2ccccc2)cc1. The third-order valence-corrected chi connectivity index (χ3v) is 5.30.